The molecule has 0 radical (unpaired) electrons. The molecule has 0 atom stereocenters. The van der Waals surface area contributed by atoms with E-state index in [9.17, 15) is 8.42 Å². The molecule has 0 aromatic heterocycles. The average molecular weight is 297 g/mol. The average Bonchev–Trinajstić information content (AvgIpc) is 2.12. The second-order valence-corrected chi connectivity index (χ2v) is 9.80. The Morgan fingerprint density at radius 2 is 1.78 bits per heavy atom. The van der Waals surface area contributed by atoms with Gasteiger partial charge in [0.2, 0.25) is 9.05 Å². The Bertz CT molecular complexity index is 364. The lowest BCUT2D eigenvalue weighted by Crippen LogP contribution is -2.32. The van der Waals surface area contributed by atoms with Crippen molar-refractivity contribution in [1.29, 1.82) is 0 Å². The third kappa shape index (κ3) is 6.39. The third-order valence-electron chi connectivity index (χ3n) is 3.56. The molecule has 0 heterocycles. The van der Waals surface area contributed by atoms with Crippen LogP contribution in [-0.4, -0.2) is 26.9 Å². The summed E-state index contributed by atoms with van der Waals surface area (Å²) in [5.74, 6) is -0.0419. The summed E-state index contributed by atoms with van der Waals surface area (Å²) >= 11 is 0. The molecule has 1 rings (SSSR count). The molecule has 1 saturated carbocycles. The molecule has 0 aromatic carbocycles. The van der Waals surface area contributed by atoms with Crippen LogP contribution >= 0.6 is 10.7 Å². The van der Waals surface area contributed by atoms with Crippen molar-refractivity contribution < 1.29 is 13.2 Å². The maximum atomic E-state index is 11.1. The van der Waals surface area contributed by atoms with E-state index in [1.165, 1.54) is 12.8 Å². The van der Waals surface area contributed by atoms with Crippen molar-refractivity contribution in [1.82, 2.24) is 0 Å². The zero-order chi connectivity index (χ0) is 14.0. The van der Waals surface area contributed by atoms with Crippen molar-refractivity contribution in [3.8, 4) is 0 Å². The number of hydrogen-bond acceptors (Lipinski definition) is 3. The first kappa shape index (κ1) is 16.3. The lowest BCUT2D eigenvalue weighted by atomic mass is 9.76. The molecule has 1 aliphatic rings. The zero-order valence-corrected chi connectivity index (χ0v) is 13.4. The van der Waals surface area contributed by atoms with Gasteiger partial charge < -0.3 is 4.74 Å². The quantitative estimate of drug-likeness (QED) is 0.729. The predicted octanol–water partition coefficient (Wildman–Crippen LogP) is 3.57. The summed E-state index contributed by atoms with van der Waals surface area (Å²) in [6.07, 6.45) is 4.75. The molecule has 0 amide bonds. The van der Waals surface area contributed by atoms with Gasteiger partial charge in [0.05, 0.1) is 18.5 Å². The summed E-state index contributed by atoms with van der Waals surface area (Å²) in [6, 6.07) is 0. The molecular formula is C13H25ClO3S. The molecule has 0 bridgehead atoms. The molecular weight excluding hydrogens is 272 g/mol. The predicted molar refractivity (Wildman–Crippen MR) is 75.4 cm³/mol. The van der Waals surface area contributed by atoms with E-state index in [0.29, 0.717) is 12.0 Å². The van der Waals surface area contributed by atoms with E-state index in [4.69, 9.17) is 15.4 Å². The third-order valence-corrected chi connectivity index (χ3v) is 5.01. The maximum Gasteiger partial charge on any atom is 0.233 e. The molecule has 0 N–H and O–H groups in total. The summed E-state index contributed by atoms with van der Waals surface area (Å²) in [5.41, 5.74) is 0.00238. The van der Waals surface area contributed by atoms with Gasteiger partial charge in [-0.25, -0.2) is 8.42 Å². The van der Waals surface area contributed by atoms with Crippen molar-refractivity contribution in [2.24, 2.45) is 10.8 Å². The van der Waals surface area contributed by atoms with Crippen LogP contribution in [0, 0.1) is 10.8 Å². The van der Waals surface area contributed by atoms with Crippen LogP contribution in [-0.2, 0) is 13.8 Å². The molecule has 3 nitrogen and oxygen atoms in total. The van der Waals surface area contributed by atoms with Gasteiger partial charge in [0.1, 0.15) is 0 Å². The topological polar surface area (TPSA) is 43.4 Å². The first-order valence-electron chi connectivity index (χ1n) is 6.53. The van der Waals surface area contributed by atoms with E-state index in [2.05, 4.69) is 13.8 Å². The molecule has 1 fully saturated rings. The number of halogens is 1. The Hall–Kier alpha value is 0.200. The summed E-state index contributed by atoms with van der Waals surface area (Å²) in [6.45, 7) is 8.77. The first-order chi connectivity index (χ1) is 7.99. The molecule has 0 aliphatic heterocycles. The van der Waals surface area contributed by atoms with Gasteiger partial charge in [0.25, 0.3) is 0 Å². The van der Waals surface area contributed by atoms with Gasteiger partial charge in [-0.05, 0) is 31.1 Å². The van der Waals surface area contributed by atoms with Crippen molar-refractivity contribution in [2.75, 3.05) is 12.4 Å². The maximum absolute atomic E-state index is 11.1. The minimum absolute atomic E-state index is 0.0419. The van der Waals surface area contributed by atoms with E-state index >= 15 is 0 Å². The number of hydrogen-bond donors (Lipinski definition) is 0. The van der Waals surface area contributed by atoms with Gasteiger partial charge in [0.15, 0.2) is 0 Å². The minimum atomic E-state index is -3.46. The minimum Gasteiger partial charge on any atom is -0.378 e. The van der Waals surface area contributed by atoms with Crippen LogP contribution in [0.2, 0.25) is 0 Å². The van der Waals surface area contributed by atoms with Gasteiger partial charge in [-0.15, -0.1) is 0 Å². The van der Waals surface area contributed by atoms with Gasteiger partial charge in [0, 0.05) is 16.1 Å². The summed E-state index contributed by atoms with van der Waals surface area (Å²) < 4.78 is 28.0. The molecule has 0 aromatic rings. The Morgan fingerprint density at radius 3 is 2.22 bits per heavy atom. The van der Waals surface area contributed by atoms with Gasteiger partial charge in [-0.1, -0.05) is 27.7 Å². The molecule has 0 unspecified atom stereocenters. The van der Waals surface area contributed by atoms with Crippen molar-refractivity contribution in [3.05, 3.63) is 0 Å². The first-order valence-corrected chi connectivity index (χ1v) is 9.01. The standard InChI is InChI=1S/C13H25ClO3S/c1-12(2)7-5-11(6-8-12)17-9-13(3,4)10-18(14,15)16/h11H,5-10H2,1-4H3. The Labute approximate surface area is 116 Å². The van der Waals surface area contributed by atoms with Crippen LogP contribution in [0.3, 0.4) is 0 Å². The molecule has 5 heteroatoms. The van der Waals surface area contributed by atoms with Crippen LogP contribution < -0.4 is 0 Å². The summed E-state index contributed by atoms with van der Waals surface area (Å²) in [4.78, 5) is 0. The van der Waals surface area contributed by atoms with E-state index < -0.39 is 14.5 Å². The molecule has 0 spiro atoms. The number of ether oxygens (including phenoxy) is 1. The Morgan fingerprint density at radius 1 is 1.28 bits per heavy atom. The second kappa shape index (κ2) is 5.68. The van der Waals surface area contributed by atoms with Gasteiger partial charge in [-0.2, -0.15) is 0 Å². The fourth-order valence-corrected chi connectivity index (χ4v) is 4.29. The zero-order valence-electron chi connectivity index (χ0n) is 11.8. The van der Waals surface area contributed by atoms with Crippen LogP contribution in [0.25, 0.3) is 0 Å². The highest BCUT2D eigenvalue weighted by molar-refractivity contribution is 8.13. The lowest BCUT2D eigenvalue weighted by Gasteiger charge is -2.35. The second-order valence-electron chi connectivity index (χ2n) is 7.02. The van der Waals surface area contributed by atoms with E-state index in [1.54, 1.807) is 0 Å². The highest BCUT2D eigenvalue weighted by Gasteiger charge is 2.30. The SMILES string of the molecule is CC1(C)CCC(OCC(C)(C)CS(=O)(=O)Cl)CC1. The molecule has 0 saturated heterocycles. The van der Waals surface area contributed by atoms with Crippen molar-refractivity contribution in [3.63, 3.8) is 0 Å². The van der Waals surface area contributed by atoms with Crippen molar-refractivity contribution >= 4 is 19.7 Å². The van der Waals surface area contributed by atoms with E-state index in [-0.39, 0.29) is 11.9 Å². The summed E-state index contributed by atoms with van der Waals surface area (Å²) in [7, 11) is 1.83. The largest absolute Gasteiger partial charge is 0.378 e. The van der Waals surface area contributed by atoms with Crippen LogP contribution in [0.4, 0.5) is 0 Å². The summed E-state index contributed by atoms with van der Waals surface area (Å²) in [5, 5.41) is 0. The van der Waals surface area contributed by atoms with E-state index in [1.807, 2.05) is 13.8 Å². The van der Waals surface area contributed by atoms with Crippen LogP contribution in [0.5, 0.6) is 0 Å². The van der Waals surface area contributed by atoms with Gasteiger partial charge >= 0.3 is 0 Å². The highest BCUT2D eigenvalue weighted by atomic mass is 35.7. The van der Waals surface area contributed by atoms with E-state index in [0.717, 1.165) is 12.8 Å². The highest BCUT2D eigenvalue weighted by Crippen LogP contribution is 2.36. The fraction of sp³-hybridized carbons (Fsp3) is 1.00. The molecule has 108 valence electrons. The van der Waals surface area contributed by atoms with Crippen molar-refractivity contribution in [2.45, 2.75) is 59.5 Å². The monoisotopic (exact) mass is 296 g/mol. The van der Waals surface area contributed by atoms with Gasteiger partial charge in [-0.3, -0.25) is 0 Å². The normalized spacial score (nSPS) is 22.1. The fourth-order valence-electron chi connectivity index (χ4n) is 2.39. The Kier molecular flexibility index (Phi) is 5.13. The smallest absolute Gasteiger partial charge is 0.233 e. The Balaban J connectivity index is 2.37. The van der Waals surface area contributed by atoms with Crippen LogP contribution in [0.15, 0.2) is 0 Å². The molecule has 18 heavy (non-hydrogen) atoms. The van der Waals surface area contributed by atoms with Crippen LogP contribution in [0.1, 0.15) is 53.4 Å². The molecule has 1 aliphatic carbocycles. The lowest BCUT2D eigenvalue weighted by molar-refractivity contribution is -0.0257. The number of rotatable bonds is 5.